The van der Waals surface area contributed by atoms with Crippen molar-refractivity contribution >= 4 is 23.2 Å². The van der Waals surface area contributed by atoms with Crippen LogP contribution in [0, 0.1) is 0 Å². The SMILES string of the molecule is COc1cc(N2CCOCC2)ccc1CC(=O)Cc1cccc([C@H](C)Sc2nncn2C)c1. The molecule has 0 unspecified atom stereocenters. The van der Waals surface area contributed by atoms with Crippen LogP contribution in [-0.4, -0.2) is 54.0 Å². The number of anilines is 1. The fourth-order valence-corrected chi connectivity index (χ4v) is 4.87. The molecule has 0 aliphatic carbocycles. The van der Waals surface area contributed by atoms with Crippen LogP contribution >= 0.6 is 11.8 Å². The third-order valence-electron chi connectivity index (χ3n) is 5.81. The third kappa shape index (κ3) is 5.94. The first kappa shape index (κ1) is 23.3. The number of carbonyl (C=O) groups excluding carboxylic acids is 1. The molecule has 3 aromatic rings. The van der Waals surface area contributed by atoms with Gasteiger partial charge >= 0.3 is 0 Å². The first-order valence-electron chi connectivity index (χ1n) is 11.1. The summed E-state index contributed by atoms with van der Waals surface area (Å²) in [6, 6.07) is 14.4. The summed E-state index contributed by atoms with van der Waals surface area (Å²) >= 11 is 1.65. The molecule has 0 amide bonds. The van der Waals surface area contributed by atoms with Crippen LogP contribution in [0.2, 0.25) is 0 Å². The zero-order valence-electron chi connectivity index (χ0n) is 19.4. The van der Waals surface area contributed by atoms with E-state index in [0.29, 0.717) is 12.8 Å². The number of hydrogen-bond acceptors (Lipinski definition) is 7. The van der Waals surface area contributed by atoms with E-state index in [4.69, 9.17) is 9.47 Å². The second-order valence-electron chi connectivity index (χ2n) is 8.22. The Hall–Kier alpha value is -2.84. The lowest BCUT2D eigenvalue weighted by Gasteiger charge is -2.29. The van der Waals surface area contributed by atoms with E-state index in [1.165, 1.54) is 5.56 Å². The molecule has 0 radical (unpaired) electrons. The normalized spacial score (nSPS) is 14.8. The highest BCUT2D eigenvalue weighted by atomic mass is 32.2. The van der Waals surface area contributed by atoms with Crippen LogP contribution in [0.25, 0.3) is 0 Å². The number of rotatable bonds is 9. The smallest absolute Gasteiger partial charge is 0.191 e. The first-order valence-corrected chi connectivity index (χ1v) is 12.0. The van der Waals surface area contributed by atoms with Gasteiger partial charge in [-0.1, -0.05) is 42.1 Å². The number of Topliss-reactive ketones (excluding diaryl/α,β-unsaturated/α-hetero) is 1. The Kier molecular flexibility index (Phi) is 7.67. The zero-order chi connectivity index (χ0) is 23.2. The number of methoxy groups -OCH3 is 1. The van der Waals surface area contributed by atoms with Crippen LogP contribution in [0.4, 0.5) is 5.69 Å². The molecule has 0 bridgehead atoms. The van der Waals surface area contributed by atoms with Crippen molar-refractivity contribution in [2.45, 2.75) is 30.2 Å². The van der Waals surface area contributed by atoms with Crippen molar-refractivity contribution in [3.8, 4) is 5.75 Å². The monoisotopic (exact) mass is 466 g/mol. The van der Waals surface area contributed by atoms with Crippen LogP contribution in [0.1, 0.15) is 28.9 Å². The summed E-state index contributed by atoms with van der Waals surface area (Å²) in [5, 5.41) is 9.17. The summed E-state index contributed by atoms with van der Waals surface area (Å²) < 4.78 is 13.0. The molecule has 0 spiro atoms. The minimum Gasteiger partial charge on any atom is -0.496 e. The predicted octanol–water partition coefficient (Wildman–Crippen LogP) is 3.87. The topological polar surface area (TPSA) is 69.5 Å². The highest BCUT2D eigenvalue weighted by molar-refractivity contribution is 7.99. The minimum absolute atomic E-state index is 0.165. The average Bonchev–Trinajstić information content (AvgIpc) is 3.24. The van der Waals surface area contributed by atoms with E-state index in [1.807, 2.05) is 35.9 Å². The highest BCUT2D eigenvalue weighted by Gasteiger charge is 2.16. The van der Waals surface area contributed by atoms with E-state index in [2.05, 4.69) is 40.2 Å². The Morgan fingerprint density at radius 2 is 2.00 bits per heavy atom. The van der Waals surface area contributed by atoms with E-state index in [1.54, 1.807) is 25.2 Å². The molecule has 1 fully saturated rings. The van der Waals surface area contributed by atoms with E-state index in [9.17, 15) is 4.79 Å². The van der Waals surface area contributed by atoms with Gasteiger partial charge in [-0.05, 0) is 24.1 Å². The maximum absolute atomic E-state index is 12.9. The van der Waals surface area contributed by atoms with Crippen LogP contribution in [-0.2, 0) is 29.4 Å². The number of nitrogens with zero attached hydrogens (tertiary/aromatic N) is 4. The van der Waals surface area contributed by atoms with Gasteiger partial charge in [0.1, 0.15) is 17.9 Å². The number of benzene rings is 2. The van der Waals surface area contributed by atoms with Crippen molar-refractivity contribution in [1.82, 2.24) is 14.8 Å². The molecule has 2 aromatic carbocycles. The van der Waals surface area contributed by atoms with Crippen molar-refractivity contribution in [1.29, 1.82) is 0 Å². The summed E-state index contributed by atoms with van der Waals surface area (Å²) in [5.41, 5.74) is 4.21. The van der Waals surface area contributed by atoms with Crippen LogP contribution < -0.4 is 9.64 Å². The number of hydrogen-bond donors (Lipinski definition) is 0. The van der Waals surface area contributed by atoms with Gasteiger partial charge < -0.3 is 18.9 Å². The maximum Gasteiger partial charge on any atom is 0.191 e. The van der Waals surface area contributed by atoms with Crippen molar-refractivity contribution < 1.29 is 14.3 Å². The molecule has 1 aliphatic heterocycles. The third-order valence-corrected chi connectivity index (χ3v) is 7.01. The van der Waals surface area contributed by atoms with Gasteiger partial charge in [0, 0.05) is 55.5 Å². The standard InChI is InChI=1S/C25H30N4O3S/c1-18(33-25-27-26-17-28(25)2)20-6-4-5-19(13-20)14-23(30)15-21-7-8-22(16-24(21)31-3)29-9-11-32-12-10-29/h4-8,13,16-18H,9-12,14-15H2,1-3H3/t18-/m0/s1. The fraction of sp³-hybridized carbons (Fsp3) is 0.400. The van der Waals surface area contributed by atoms with Crippen molar-refractivity contribution in [2.75, 3.05) is 38.3 Å². The number of ketones is 1. The Morgan fingerprint density at radius 3 is 2.73 bits per heavy atom. The van der Waals surface area contributed by atoms with Gasteiger partial charge in [0.25, 0.3) is 0 Å². The predicted molar refractivity (Wildman–Crippen MR) is 130 cm³/mol. The summed E-state index contributed by atoms with van der Waals surface area (Å²) in [5.74, 6) is 0.924. The van der Waals surface area contributed by atoms with E-state index in [0.717, 1.165) is 54.0 Å². The van der Waals surface area contributed by atoms with Gasteiger partial charge in [-0.15, -0.1) is 10.2 Å². The second-order valence-corrected chi connectivity index (χ2v) is 9.53. The van der Waals surface area contributed by atoms with Crippen LogP contribution in [0.5, 0.6) is 5.75 Å². The van der Waals surface area contributed by atoms with Gasteiger partial charge in [0.2, 0.25) is 0 Å². The molecule has 7 nitrogen and oxygen atoms in total. The van der Waals surface area contributed by atoms with Crippen molar-refractivity contribution in [2.24, 2.45) is 7.05 Å². The minimum atomic E-state index is 0.165. The molecule has 1 saturated heterocycles. The molecule has 174 valence electrons. The molecular weight excluding hydrogens is 436 g/mol. The van der Waals surface area contributed by atoms with Gasteiger partial charge in [-0.2, -0.15) is 0 Å². The Morgan fingerprint density at radius 1 is 1.18 bits per heavy atom. The quantitative estimate of drug-likeness (QED) is 0.444. The van der Waals surface area contributed by atoms with E-state index < -0.39 is 0 Å². The zero-order valence-corrected chi connectivity index (χ0v) is 20.2. The van der Waals surface area contributed by atoms with Gasteiger partial charge in [0.15, 0.2) is 5.16 Å². The molecule has 1 atom stereocenters. The first-order chi connectivity index (χ1) is 16.0. The lowest BCUT2D eigenvalue weighted by Crippen LogP contribution is -2.36. The second kappa shape index (κ2) is 10.9. The summed E-state index contributed by atoms with van der Waals surface area (Å²) in [6.07, 6.45) is 2.44. The summed E-state index contributed by atoms with van der Waals surface area (Å²) in [6.45, 7) is 5.34. The summed E-state index contributed by atoms with van der Waals surface area (Å²) in [7, 11) is 3.60. The van der Waals surface area contributed by atoms with Crippen LogP contribution in [0.15, 0.2) is 53.9 Å². The number of aromatic nitrogens is 3. The van der Waals surface area contributed by atoms with E-state index in [-0.39, 0.29) is 11.0 Å². The molecule has 8 heteroatoms. The van der Waals surface area contributed by atoms with Gasteiger partial charge in [-0.25, -0.2) is 0 Å². The Labute approximate surface area is 199 Å². The average molecular weight is 467 g/mol. The molecule has 4 rings (SSSR count). The van der Waals surface area contributed by atoms with Crippen LogP contribution in [0.3, 0.4) is 0 Å². The molecule has 0 N–H and O–H groups in total. The number of morpholine rings is 1. The Balaban J connectivity index is 1.40. The molecule has 2 heterocycles. The molecule has 1 aromatic heterocycles. The largest absolute Gasteiger partial charge is 0.496 e. The number of ether oxygens (including phenoxy) is 2. The Bertz CT molecular complexity index is 1090. The van der Waals surface area contributed by atoms with Gasteiger partial charge in [-0.3, -0.25) is 4.79 Å². The molecule has 1 aliphatic rings. The lowest BCUT2D eigenvalue weighted by molar-refractivity contribution is -0.117. The number of aryl methyl sites for hydroxylation is 1. The van der Waals surface area contributed by atoms with Gasteiger partial charge in [0.05, 0.1) is 20.3 Å². The maximum atomic E-state index is 12.9. The van der Waals surface area contributed by atoms with Crippen molar-refractivity contribution in [3.05, 3.63) is 65.5 Å². The number of carbonyl (C=O) groups is 1. The van der Waals surface area contributed by atoms with Crippen molar-refractivity contribution in [3.63, 3.8) is 0 Å². The lowest BCUT2D eigenvalue weighted by atomic mass is 9.99. The van der Waals surface area contributed by atoms with E-state index >= 15 is 0 Å². The molecular formula is C25H30N4O3S. The summed E-state index contributed by atoms with van der Waals surface area (Å²) in [4.78, 5) is 15.2. The molecule has 33 heavy (non-hydrogen) atoms. The molecule has 0 saturated carbocycles. The highest BCUT2D eigenvalue weighted by Crippen LogP contribution is 2.33. The number of thioether (sulfide) groups is 1. The fourth-order valence-electron chi connectivity index (χ4n) is 3.96.